The Morgan fingerprint density at radius 2 is 1.77 bits per heavy atom. The molecule has 1 saturated heterocycles. The lowest BCUT2D eigenvalue weighted by molar-refractivity contribution is -0.0670. The topological polar surface area (TPSA) is 26.6 Å². The van der Waals surface area contributed by atoms with Gasteiger partial charge in [-0.25, -0.2) is 5.32 Å². The van der Waals surface area contributed by atoms with Gasteiger partial charge >= 0.3 is 0 Å². The second kappa shape index (κ2) is 4.25. The molecule has 1 radical (unpaired) electrons. The van der Waals surface area contributed by atoms with Crippen LogP contribution in [-0.4, -0.2) is 31.2 Å². The highest BCUT2D eigenvalue weighted by Gasteiger charge is 2.11. The van der Waals surface area contributed by atoms with Gasteiger partial charge < -0.3 is 4.84 Å². The SMILES string of the molecule is c1ccc(ON2CC[N]CC2)cc1. The third-order valence-corrected chi connectivity index (χ3v) is 1.99. The number of hydrogen-bond acceptors (Lipinski definition) is 2. The van der Waals surface area contributed by atoms with E-state index >= 15 is 0 Å². The quantitative estimate of drug-likeness (QED) is 0.671. The Kier molecular flexibility index (Phi) is 2.79. The number of nitrogens with zero attached hydrogens (tertiary/aromatic N) is 2. The Bertz CT molecular complexity index is 244. The summed E-state index contributed by atoms with van der Waals surface area (Å²) in [6.07, 6.45) is 0. The van der Waals surface area contributed by atoms with Gasteiger partial charge in [-0.2, -0.15) is 0 Å². The van der Waals surface area contributed by atoms with Gasteiger partial charge in [-0.3, -0.25) is 0 Å². The molecule has 1 aromatic carbocycles. The molecule has 0 aromatic heterocycles. The molecular weight excluding hydrogens is 164 g/mol. The fourth-order valence-corrected chi connectivity index (χ4v) is 1.31. The minimum Gasteiger partial charge on any atom is -0.406 e. The van der Waals surface area contributed by atoms with Crippen molar-refractivity contribution < 1.29 is 4.84 Å². The van der Waals surface area contributed by atoms with E-state index < -0.39 is 0 Å². The summed E-state index contributed by atoms with van der Waals surface area (Å²) in [5, 5.41) is 6.21. The molecular formula is C10H13N2O. The molecule has 1 aliphatic rings. The van der Waals surface area contributed by atoms with Crippen molar-refractivity contribution in [3.63, 3.8) is 0 Å². The maximum absolute atomic E-state index is 5.63. The van der Waals surface area contributed by atoms with Gasteiger partial charge in [0.1, 0.15) is 5.75 Å². The highest BCUT2D eigenvalue weighted by Crippen LogP contribution is 2.10. The first-order chi connectivity index (χ1) is 6.45. The first-order valence-electron chi connectivity index (χ1n) is 4.56. The van der Waals surface area contributed by atoms with Crippen LogP contribution < -0.4 is 10.2 Å². The fraction of sp³-hybridized carbons (Fsp3) is 0.400. The van der Waals surface area contributed by atoms with Crippen LogP contribution >= 0.6 is 0 Å². The van der Waals surface area contributed by atoms with Crippen LogP contribution in [0.1, 0.15) is 0 Å². The largest absolute Gasteiger partial charge is 0.406 e. The molecule has 13 heavy (non-hydrogen) atoms. The molecule has 0 N–H and O–H groups in total. The normalized spacial score (nSPS) is 18.5. The lowest BCUT2D eigenvalue weighted by atomic mass is 10.3. The molecule has 3 nitrogen and oxygen atoms in total. The van der Waals surface area contributed by atoms with Gasteiger partial charge in [0.2, 0.25) is 0 Å². The maximum Gasteiger partial charge on any atom is 0.147 e. The van der Waals surface area contributed by atoms with E-state index in [1.165, 1.54) is 0 Å². The fourth-order valence-electron chi connectivity index (χ4n) is 1.31. The predicted octanol–water partition coefficient (Wildman–Crippen LogP) is 0.900. The van der Waals surface area contributed by atoms with Gasteiger partial charge in [-0.05, 0) is 12.1 Å². The van der Waals surface area contributed by atoms with E-state index in [9.17, 15) is 0 Å². The van der Waals surface area contributed by atoms with Crippen molar-refractivity contribution in [1.82, 2.24) is 10.4 Å². The molecule has 0 unspecified atom stereocenters. The second-order valence-corrected chi connectivity index (χ2v) is 3.00. The van der Waals surface area contributed by atoms with Gasteiger partial charge in [0.15, 0.2) is 0 Å². The molecule has 1 heterocycles. The number of hydroxylamine groups is 2. The van der Waals surface area contributed by atoms with Crippen LogP contribution in [0.3, 0.4) is 0 Å². The molecule has 69 valence electrons. The van der Waals surface area contributed by atoms with Crippen molar-refractivity contribution in [2.75, 3.05) is 26.2 Å². The molecule has 0 bridgehead atoms. The van der Waals surface area contributed by atoms with E-state index in [-0.39, 0.29) is 0 Å². The monoisotopic (exact) mass is 177 g/mol. The van der Waals surface area contributed by atoms with Crippen LogP contribution in [0.5, 0.6) is 5.75 Å². The Labute approximate surface area is 78.3 Å². The summed E-state index contributed by atoms with van der Waals surface area (Å²) < 4.78 is 0. The van der Waals surface area contributed by atoms with E-state index in [4.69, 9.17) is 4.84 Å². The molecule has 0 saturated carbocycles. The van der Waals surface area contributed by atoms with E-state index in [0.29, 0.717) is 0 Å². The van der Waals surface area contributed by atoms with E-state index in [0.717, 1.165) is 31.9 Å². The average Bonchev–Trinajstić information content (AvgIpc) is 2.21. The molecule has 0 aliphatic carbocycles. The van der Waals surface area contributed by atoms with Crippen molar-refractivity contribution in [1.29, 1.82) is 0 Å². The van der Waals surface area contributed by atoms with Crippen molar-refractivity contribution in [2.24, 2.45) is 0 Å². The van der Waals surface area contributed by atoms with E-state index in [1.54, 1.807) is 0 Å². The Hall–Kier alpha value is -1.06. The average molecular weight is 177 g/mol. The second-order valence-electron chi connectivity index (χ2n) is 3.00. The van der Waals surface area contributed by atoms with Gasteiger partial charge in [0.05, 0.1) is 0 Å². The first-order valence-corrected chi connectivity index (χ1v) is 4.56. The molecule has 2 rings (SSSR count). The highest BCUT2D eigenvalue weighted by molar-refractivity contribution is 5.20. The number of para-hydroxylation sites is 1. The smallest absolute Gasteiger partial charge is 0.147 e. The summed E-state index contributed by atoms with van der Waals surface area (Å²) in [5.74, 6) is 0.907. The third kappa shape index (κ3) is 2.44. The standard InChI is InChI=1S/C10H13N2O/c1-2-4-10(5-3-1)13-12-8-6-11-7-9-12/h1-5H,6-9H2. The summed E-state index contributed by atoms with van der Waals surface area (Å²) >= 11 is 0. The molecule has 3 heteroatoms. The first kappa shape index (κ1) is 8.53. The summed E-state index contributed by atoms with van der Waals surface area (Å²) in [7, 11) is 0. The van der Waals surface area contributed by atoms with Gasteiger partial charge in [-0.1, -0.05) is 18.2 Å². The van der Waals surface area contributed by atoms with Crippen LogP contribution in [0.2, 0.25) is 0 Å². The molecule has 1 aliphatic heterocycles. The van der Waals surface area contributed by atoms with Crippen LogP contribution in [-0.2, 0) is 0 Å². The summed E-state index contributed by atoms with van der Waals surface area (Å²) in [6, 6.07) is 9.86. The van der Waals surface area contributed by atoms with Gasteiger partial charge in [0.25, 0.3) is 0 Å². The van der Waals surface area contributed by atoms with Gasteiger partial charge in [0, 0.05) is 26.2 Å². The number of rotatable bonds is 2. The zero-order valence-electron chi connectivity index (χ0n) is 7.52. The molecule has 1 aromatic rings. The Morgan fingerprint density at radius 3 is 2.46 bits per heavy atom. The van der Waals surface area contributed by atoms with E-state index in [1.807, 2.05) is 35.4 Å². The maximum atomic E-state index is 5.63. The third-order valence-electron chi connectivity index (χ3n) is 1.99. The lowest BCUT2D eigenvalue weighted by Crippen LogP contribution is -2.42. The van der Waals surface area contributed by atoms with E-state index in [2.05, 4.69) is 5.32 Å². The number of piperazine rings is 1. The van der Waals surface area contributed by atoms with Crippen molar-refractivity contribution in [3.8, 4) is 5.75 Å². The molecule has 0 spiro atoms. The van der Waals surface area contributed by atoms with Crippen LogP contribution in [0.4, 0.5) is 0 Å². The number of hydrogen-bond donors (Lipinski definition) is 0. The van der Waals surface area contributed by atoms with Crippen molar-refractivity contribution in [2.45, 2.75) is 0 Å². The Balaban J connectivity index is 1.90. The molecule has 1 fully saturated rings. The Morgan fingerprint density at radius 1 is 1.08 bits per heavy atom. The van der Waals surface area contributed by atoms with Crippen LogP contribution in [0.25, 0.3) is 0 Å². The highest BCUT2D eigenvalue weighted by atomic mass is 16.7. The summed E-state index contributed by atoms with van der Waals surface area (Å²) in [5.41, 5.74) is 0. The minimum absolute atomic E-state index is 0.882. The molecule has 0 amide bonds. The zero-order valence-corrected chi connectivity index (χ0v) is 7.52. The predicted molar refractivity (Wildman–Crippen MR) is 50.5 cm³/mol. The van der Waals surface area contributed by atoms with Crippen LogP contribution in [0.15, 0.2) is 30.3 Å². The zero-order chi connectivity index (χ0) is 8.93. The van der Waals surface area contributed by atoms with Crippen molar-refractivity contribution in [3.05, 3.63) is 30.3 Å². The minimum atomic E-state index is 0.882. The molecule has 0 atom stereocenters. The van der Waals surface area contributed by atoms with Crippen LogP contribution in [0, 0.1) is 0 Å². The number of benzene rings is 1. The summed E-state index contributed by atoms with van der Waals surface area (Å²) in [4.78, 5) is 5.63. The van der Waals surface area contributed by atoms with Gasteiger partial charge in [-0.15, -0.1) is 5.06 Å². The summed E-state index contributed by atoms with van der Waals surface area (Å²) in [6.45, 7) is 3.56. The van der Waals surface area contributed by atoms with Crippen molar-refractivity contribution >= 4 is 0 Å². The lowest BCUT2D eigenvalue weighted by Gasteiger charge is -2.25.